The molecule has 372 valence electrons. The Kier molecular flexibility index (Phi) is 53.3. The number of carbonyl (C=O) groups excluding carboxylic acids is 1. The molecule has 2 unspecified atom stereocenters. The number of rotatable bonds is 51. The number of hydrogen-bond donors (Lipinski definition) is 3. The van der Waals surface area contributed by atoms with Crippen molar-refractivity contribution in [1.82, 2.24) is 5.32 Å². The van der Waals surface area contributed by atoms with Crippen molar-refractivity contribution in [2.24, 2.45) is 0 Å². The quantitative estimate of drug-likeness (QED) is 0.0421. The van der Waals surface area contributed by atoms with Gasteiger partial charge in [0.1, 0.15) is 0 Å². The molecular formula is C60H109NO3. The zero-order valence-corrected chi connectivity index (χ0v) is 42.8. The van der Waals surface area contributed by atoms with Gasteiger partial charge in [0.25, 0.3) is 0 Å². The summed E-state index contributed by atoms with van der Waals surface area (Å²) < 4.78 is 0. The van der Waals surface area contributed by atoms with Crippen molar-refractivity contribution in [2.75, 3.05) is 6.61 Å². The molecule has 0 saturated heterocycles. The lowest BCUT2D eigenvalue weighted by molar-refractivity contribution is -0.123. The second kappa shape index (κ2) is 55.2. The molecule has 0 spiro atoms. The summed E-state index contributed by atoms with van der Waals surface area (Å²) in [6.07, 6.45) is 79.1. The molecule has 0 saturated carbocycles. The SMILES string of the molecule is CC/C=C\C/C=C\C/C=C\C/C=C\C/C=C\CCCCCCCCCCCCCCCC(=O)NC(CO)C(O)/C=C/CCCCCCCCCCCCCCCCCCCCCCC. The topological polar surface area (TPSA) is 69.6 Å². The Labute approximate surface area is 399 Å². The van der Waals surface area contributed by atoms with Crippen LogP contribution < -0.4 is 5.32 Å². The monoisotopic (exact) mass is 892 g/mol. The first-order valence-corrected chi connectivity index (χ1v) is 28.2. The normalized spacial score (nSPS) is 13.4. The molecule has 64 heavy (non-hydrogen) atoms. The third kappa shape index (κ3) is 50.8. The molecule has 4 heteroatoms. The van der Waals surface area contributed by atoms with Gasteiger partial charge in [0.15, 0.2) is 0 Å². The largest absolute Gasteiger partial charge is 0.394 e. The molecule has 1 amide bonds. The molecular weight excluding hydrogens is 783 g/mol. The number of aliphatic hydroxyl groups excluding tert-OH is 2. The Morgan fingerprint density at radius 2 is 0.688 bits per heavy atom. The predicted molar refractivity (Wildman–Crippen MR) is 285 cm³/mol. The lowest BCUT2D eigenvalue weighted by atomic mass is 10.0. The van der Waals surface area contributed by atoms with E-state index < -0.39 is 12.1 Å². The van der Waals surface area contributed by atoms with Crippen molar-refractivity contribution in [3.63, 3.8) is 0 Å². The minimum atomic E-state index is -0.843. The predicted octanol–water partition coefficient (Wildman–Crippen LogP) is 18.6. The van der Waals surface area contributed by atoms with Crippen molar-refractivity contribution in [3.05, 3.63) is 72.9 Å². The fourth-order valence-electron chi connectivity index (χ4n) is 8.44. The summed E-state index contributed by atoms with van der Waals surface area (Å²) in [4.78, 5) is 12.5. The smallest absolute Gasteiger partial charge is 0.220 e. The Morgan fingerprint density at radius 1 is 0.391 bits per heavy atom. The third-order valence-electron chi connectivity index (χ3n) is 12.7. The Bertz CT molecular complexity index is 1100. The van der Waals surface area contributed by atoms with E-state index in [0.717, 1.165) is 57.8 Å². The highest BCUT2D eigenvalue weighted by atomic mass is 16.3. The van der Waals surface area contributed by atoms with Gasteiger partial charge in [-0.15, -0.1) is 0 Å². The van der Waals surface area contributed by atoms with Crippen LogP contribution in [0.2, 0.25) is 0 Å². The lowest BCUT2D eigenvalue weighted by Gasteiger charge is -2.20. The lowest BCUT2D eigenvalue weighted by Crippen LogP contribution is -2.45. The number of amides is 1. The van der Waals surface area contributed by atoms with Crippen LogP contribution in [0, 0.1) is 0 Å². The zero-order chi connectivity index (χ0) is 46.3. The number of carbonyl (C=O) groups is 1. The molecule has 2 atom stereocenters. The molecule has 4 nitrogen and oxygen atoms in total. The fourth-order valence-corrected chi connectivity index (χ4v) is 8.44. The second-order valence-corrected chi connectivity index (χ2v) is 19.0. The van der Waals surface area contributed by atoms with Gasteiger partial charge in [-0.1, -0.05) is 286 Å². The molecule has 0 aromatic carbocycles. The first kappa shape index (κ1) is 61.8. The van der Waals surface area contributed by atoms with E-state index >= 15 is 0 Å². The van der Waals surface area contributed by atoms with E-state index in [0.29, 0.717) is 6.42 Å². The first-order valence-electron chi connectivity index (χ1n) is 28.2. The third-order valence-corrected chi connectivity index (χ3v) is 12.7. The Balaban J connectivity index is 3.52. The average Bonchev–Trinajstić information content (AvgIpc) is 3.30. The highest BCUT2D eigenvalue weighted by Crippen LogP contribution is 2.17. The zero-order valence-electron chi connectivity index (χ0n) is 42.8. The number of allylic oxidation sites excluding steroid dienone is 11. The minimum Gasteiger partial charge on any atom is -0.394 e. The van der Waals surface area contributed by atoms with Crippen LogP contribution in [0.25, 0.3) is 0 Å². The van der Waals surface area contributed by atoms with Crippen LogP contribution in [-0.4, -0.2) is 34.9 Å². The standard InChI is InChI=1S/C60H109NO3/c1-3-5-7-9-11-13-15-17-19-21-23-25-27-28-29-30-31-32-34-36-38-40-42-44-46-48-50-52-54-56-60(64)61-58(57-62)59(63)55-53-51-49-47-45-43-41-39-37-35-33-26-24-22-20-18-16-14-12-10-8-6-4-2/h5,7,11,13,17,19,23,25,28-29,53,55,58-59,62-63H,3-4,6,8-10,12,14-16,18,20-22,24,26-27,30-52,54,56-57H2,1-2H3,(H,61,64)/b7-5-,13-11-,19-17-,25-23-,29-28-,55-53+. The van der Waals surface area contributed by atoms with Crippen LogP contribution in [0.15, 0.2) is 72.9 Å². The van der Waals surface area contributed by atoms with E-state index in [9.17, 15) is 15.0 Å². The van der Waals surface area contributed by atoms with Crippen LogP contribution in [0.5, 0.6) is 0 Å². The van der Waals surface area contributed by atoms with Gasteiger partial charge in [-0.2, -0.15) is 0 Å². The van der Waals surface area contributed by atoms with Gasteiger partial charge in [-0.05, 0) is 64.2 Å². The maximum atomic E-state index is 12.5. The number of unbranched alkanes of at least 4 members (excludes halogenated alkanes) is 34. The fraction of sp³-hybridized carbons (Fsp3) is 0.783. The summed E-state index contributed by atoms with van der Waals surface area (Å²) in [6, 6.07) is -0.627. The summed E-state index contributed by atoms with van der Waals surface area (Å²) >= 11 is 0. The summed E-state index contributed by atoms with van der Waals surface area (Å²) in [5.41, 5.74) is 0. The minimum absolute atomic E-state index is 0.0648. The van der Waals surface area contributed by atoms with Crippen molar-refractivity contribution in [3.8, 4) is 0 Å². The molecule has 0 radical (unpaired) electrons. The van der Waals surface area contributed by atoms with E-state index in [-0.39, 0.29) is 12.5 Å². The van der Waals surface area contributed by atoms with E-state index in [1.54, 1.807) is 6.08 Å². The van der Waals surface area contributed by atoms with Crippen molar-refractivity contribution in [2.45, 2.75) is 296 Å². The van der Waals surface area contributed by atoms with E-state index in [4.69, 9.17) is 0 Å². The van der Waals surface area contributed by atoms with Gasteiger partial charge in [0.2, 0.25) is 5.91 Å². The van der Waals surface area contributed by atoms with E-state index in [1.165, 1.54) is 205 Å². The first-order chi connectivity index (χ1) is 31.7. The summed E-state index contributed by atoms with van der Waals surface area (Å²) in [7, 11) is 0. The highest BCUT2D eigenvalue weighted by molar-refractivity contribution is 5.76. The molecule has 0 bridgehead atoms. The molecule has 0 aliphatic carbocycles. The molecule has 3 N–H and O–H groups in total. The van der Waals surface area contributed by atoms with E-state index in [2.05, 4.69) is 79.9 Å². The summed E-state index contributed by atoms with van der Waals surface area (Å²) in [5, 5.41) is 23.2. The van der Waals surface area contributed by atoms with Gasteiger partial charge in [-0.25, -0.2) is 0 Å². The molecule has 0 aliphatic rings. The molecule has 0 rings (SSSR count). The van der Waals surface area contributed by atoms with Crippen molar-refractivity contribution >= 4 is 5.91 Å². The Hall–Kier alpha value is -2.17. The maximum absolute atomic E-state index is 12.5. The summed E-state index contributed by atoms with van der Waals surface area (Å²) in [5.74, 6) is -0.0648. The van der Waals surface area contributed by atoms with E-state index in [1.807, 2.05) is 6.08 Å². The number of nitrogens with one attached hydrogen (secondary N) is 1. The molecule has 0 fully saturated rings. The Morgan fingerprint density at radius 3 is 1.03 bits per heavy atom. The maximum Gasteiger partial charge on any atom is 0.220 e. The van der Waals surface area contributed by atoms with Crippen LogP contribution in [0.3, 0.4) is 0 Å². The van der Waals surface area contributed by atoms with Gasteiger partial charge < -0.3 is 15.5 Å². The molecule has 0 heterocycles. The second-order valence-electron chi connectivity index (χ2n) is 19.0. The van der Waals surface area contributed by atoms with Crippen molar-refractivity contribution < 1.29 is 15.0 Å². The molecule has 0 aromatic heterocycles. The van der Waals surface area contributed by atoms with Crippen LogP contribution in [0.4, 0.5) is 0 Å². The van der Waals surface area contributed by atoms with Crippen LogP contribution >= 0.6 is 0 Å². The van der Waals surface area contributed by atoms with Crippen LogP contribution in [0.1, 0.15) is 284 Å². The van der Waals surface area contributed by atoms with Gasteiger partial charge in [0.05, 0.1) is 18.8 Å². The van der Waals surface area contributed by atoms with Gasteiger partial charge in [0, 0.05) is 6.42 Å². The number of hydrogen-bond acceptors (Lipinski definition) is 3. The highest BCUT2D eigenvalue weighted by Gasteiger charge is 2.18. The average molecular weight is 893 g/mol. The summed E-state index contributed by atoms with van der Waals surface area (Å²) in [6.45, 7) is 4.22. The molecule has 0 aromatic rings. The van der Waals surface area contributed by atoms with Gasteiger partial charge >= 0.3 is 0 Å². The van der Waals surface area contributed by atoms with Crippen LogP contribution in [-0.2, 0) is 4.79 Å². The van der Waals surface area contributed by atoms with Crippen molar-refractivity contribution in [1.29, 1.82) is 0 Å². The van der Waals surface area contributed by atoms with Gasteiger partial charge in [-0.3, -0.25) is 4.79 Å². The molecule has 0 aliphatic heterocycles. The number of aliphatic hydroxyl groups is 2.